The summed E-state index contributed by atoms with van der Waals surface area (Å²) < 4.78 is 96.8. The summed E-state index contributed by atoms with van der Waals surface area (Å²) in [6.07, 6.45) is -10.6. The molecule has 0 aliphatic rings. The fourth-order valence-corrected chi connectivity index (χ4v) is 2.08. The van der Waals surface area contributed by atoms with Gasteiger partial charge in [0.05, 0.1) is 5.56 Å². The van der Waals surface area contributed by atoms with Crippen LogP contribution in [0.15, 0.2) is 18.2 Å². The zero-order chi connectivity index (χ0) is 22.3. The Hall–Kier alpha value is -3.58. The Morgan fingerprint density at radius 3 is 2.00 bits per heavy atom. The van der Waals surface area contributed by atoms with Crippen molar-refractivity contribution in [2.45, 2.75) is 12.5 Å². The lowest BCUT2D eigenvalue weighted by molar-refractivity contribution is -0.275. The van der Waals surface area contributed by atoms with Gasteiger partial charge in [0.2, 0.25) is 17.2 Å². The van der Waals surface area contributed by atoms with Crippen molar-refractivity contribution in [2.24, 2.45) is 0 Å². The number of alkyl halides is 6. The van der Waals surface area contributed by atoms with Crippen molar-refractivity contribution >= 4 is 5.97 Å². The number of aromatic hydroxyl groups is 3. The molecule has 0 saturated carbocycles. The lowest BCUT2D eigenvalue weighted by atomic mass is 10.1. The predicted molar refractivity (Wildman–Crippen MR) is 76.6 cm³/mol. The molecule has 0 spiro atoms. The zero-order valence-corrected chi connectivity index (χ0v) is 13.4. The van der Waals surface area contributed by atoms with Crippen molar-refractivity contribution < 1.29 is 65.4 Å². The van der Waals surface area contributed by atoms with Gasteiger partial charge in [0.15, 0.2) is 17.3 Å². The minimum atomic E-state index is -5.34. The number of halogens is 7. The first kappa shape index (κ1) is 21.7. The number of hydrogen-bond acceptors (Lipinski definition) is 6. The molecule has 14 heteroatoms. The highest BCUT2D eigenvalue weighted by molar-refractivity contribution is 5.91. The van der Waals surface area contributed by atoms with Crippen molar-refractivity contribution in [2.75, 3.05) is 0 Å². The Morgan fingerprint density at radius 2 is 1.52 bits per heavy atom. The minimum Gasteiger partial charge on any atom is -0.504 e. The Balaban J connectivity index is 2.59. The van der Waals surface area contributed by atoms with E-state index in [4.69, 9.17) is 5.11 Å². The van der Waals surface area contributed by atoms with Crippen molar-refractivity contribution in [1.29, 1.82) is 0 Å². The third kappa shape index (κ3) is 4.47. The van der Waals surface area contributed by atoms with Gasteiger partial charge in [-0.15, -0.1) is 13.2 Å². The number of rotatable bonds is 4. The van der Waals surface area contributed by atoms with E-state index in [9.17, 15) is 50.8 Å². The first-order valence-corrected chi connectivity index (χ1v) is 6.98. The zero-order valence-electron chi connectivity index (χ0n) is 13.4. The van der Waals surface area contributed by atoms with E-state index in [1.54, 1.807) is 0 Å². The van der Waals surface area contributed by atoms with Crippen LogP contribution in [0, 0.1) is 5.82 Å². The third-order valence-corrected chi connectivity index (χ3v) is 3.23. The van der Waals surface area contributed by atoms with E-state index >= 15 is 0 Å². The van der Waals surface area contributed by atoms with Gasteiger partial charge in [0.25, 0.3) is 0 Å². The summed E-state index contributed by atoms with van der Waals surface area (Å²) in [4.78, 5) is 11.2. The SMILES string of the molecule is O=C(O)c1c(Oc2c(O)cc(OC(F)(F)F)c(O)c2O)ccc(C(F)(F)F)c1F. The normalized spacial score (nSPS) is 12.0. The summed E-state index contributed by atoms with van der Waals surface area (Å²) in [7, 11) is 0. The molecule has 0 aromatic heterocycles. The van der Waals surface area contributed by atoms with Crippen LogP contribution in [0.1, 0.15) is 15.9 Å². The molecule has 4 N–H and O–H groups in total. The van der Waals surface area contributed by atoms with Crippen molar-refractivity contribution in [1.82, 2.24) is 0 Å². The topological polar surface area (TPSA) is 116 Å². The molecule has 0 heterocycles. The van der Waals surface area contributed by atoms with E-state index in [0.29, 0.717) is 6.07 Å². The van der Waals surface area contributed by atoms with E-state index in [-0.39, 0.29) is 12.1 Å². The molecule has 29 heavy (non-hydrogen) atoms. The maximum Gasteiger partial charge on any atom is 0.573 e. The molecule has 2 aromatic rings. The lowest BCUT2D eigenvalue weighted by Crippen LogP contribution is -2.17. The molecule has 0 aliphatic heterocycles. The second-order valence-electron chi connectivity index (χ2n) is 5.17. The molecule has 0 bridgehead atoms. The molecule has 0 fully saturated rings. The number of carboxylic acids is 1. The van der Waals surface area contributed by atoms with Crippen LogP contribution in [0.25, 0.3) is 0 Å². The molecule has 0 radical (unpaired) electrons. The van der Waals surface area contributed by atoms with Crippen LogP contribution in [0.5, 0.6) is 34.5 Å². The highest BCUT2D eigenvalue weighted by Crippen LogP contribution is 2.51. The molecule has 2 rings (SSSR count). The van der Waals surface area contributed by atoms with Gasteiger partial charge in [0, 0.05) is 6.07 Å². The second-order valence-corrected chi connectivity index (χ2v) is 5.17. The molecule has 2 aromatic carbocycles. The fraction of sp³-hybridized carbons (Fsp3) is 0.133. The molecule has 7 nitrogen and oxygen atoms in total. The van der Waals surface area contributed by atoms with Crippen LogP contribution in [-0.4, -0.2) is 32.8 Å². The monoisotopic (exact) mass is 432 g/mol. The van der Waals surface area contributed by atoms with E-state index < -0.39 is 69.9 Å². The first-order valence-electron chi connectivity index (χ1n) is 6.98. The Morgan fingerprint density at radius 1 is 0.931 bits per heavy atom. The van der Waals surface area contributed by atoms with E-state index in [1.807, 2.05) is 0 Å². The molecular weight excluding hydrogens is 425 g/mol. The second kappa shape index (κ2) is 7.10. The van der Waals surface area contributed by atoms with Gasteiger partial charge in [-0.1, -0.05) is 0 Å². The summed E-state index contributed by atoms with van der Waals surface area (Å²) in [6, 6.07) is 0.524. The quantitative estimate of drug-likeness (QED) is 0.323. The lowest BCUT2D eigenvalue weighted by Gasteiger charge is -2.17. The number of phenolic OH excluding ortho intramolecular Hbond substituents is 3. The summed E-state index contributed by atoms with van der Waals surface area (Å²) in [5.74, 6) is -13.0. The Labute approximate surface area is 154 Å². The van der Waals surface area contributed by atoms with Crippen LogP contribution >= 0.6 is 0 Å². The first-order chi connectivity index (χ1) is 13.1. The van der Waals surface area contributed by atoms with Crippen LogP contribution in [0.3, 0.4) is 0 Å². The number of carboxylic acid groups (broad SMARTS) is 1. The van der Waals surface area contributed by atoms with Gasteiger partial charge >= 0.3 is 18.5 Å². The largest absolute Gasteiger partial charge is 0.573 e. The highest BCUT2D eigenvalue weighted by Gasteiger charge is 2.38. The molecule has 0 amide bonds. The van der Waals surface area contributed by atoms with Crippen molar-refractivity contribution in [3.05, 3.63) is 35.1 Å². The molecule has 158 valence electrons. The van der Waals surface area contributed by atoms with Crippen molar-refractivity contribution in [3.8, 4) is 34.5 Å². The number of aromatic carboxylic acids is 1. The molecular formula is C15H7F7O7. The van der Waals surface area contributed by atoms with Gasteiger partial charge in [-0.05, 0) is 12.1 Å². The summed E-state index contributed by atoms with van der Waals surface area (Å²) in [6.45, 7) is 0. The summed E-state index contributed by atoms with van der Waals surface area (Å²) in [5.41, 5.74) is -3.62. The average molecular weight is 432 g/mol. The van der Waals surface area contributed by atoms with Gasteiger partial charge in [0.1, 0.15) is 11.3 Å². The fourth-order valence-electron chi connectivity index (χ4n) is 2.08. The maximum absolute atomic E-state index is 14.0. The summed E-state index contributed by atoms with van der Waals surface area (Å²) in [5, 5.41) is 37.9. The smallest absolute Gasteiger partial charge is 0.504 e. The van der Waals surface area contributed by atoms with Gasteiger partial charge in [-0.25, -0.2) is 9.18 Å². The Kier molecular flexibility index (Phi) is 5.32. The predicted octanol–water partition coefficient (Wildman–Crippen LogP) is 4.35. The maximum atomic E-state index is 14.0. The van der Waals surface area contributed by atoms with Crippen molar-refractivity contribution in [3.63, 3.8) is 0 Å². The van der Waals surface area contributed by atoms with Crippen LogP contribution in [0.4, 0.5) is 30.7 Å². The van der Waals surface area contributed by atoms with E-state index in [2.05, 4.69) is 9.47 Å². The Bertz CT molecular complexity index is 967. The molecule has 0 saturated heterocycles. The van der Waals surface area contributed by atoms with Gasteiger partial charge in [-0.2, -0.15) is 13.2 Å². The van der Waals surface area contributed by atoms with Gasteiger partial charge < -0.3 is 29.9 Å². The highest BCUT2D eigenvalue weighted by atomic mass is 19.4. The average Bonchev–Trinajstić information content (AvgIpc) is 2.53. The van der Waals surface area contributed by atoms with E-state index in [1.165, 1.54) is 0 Å². The number of carbonyl (C=O) groups is 1. The van der Waals surface area contributed by atoms with E-state index in [0.717, 1.165) is 0 Å². The molecule has 0 aliphatic carbocycles. The number of hydrogen-bond donors (Lipinski definition) is 4. The van der Waals surface area contributed by atoms with Crippen LogP contribution in [0.2, 0.25) is 0 Å². The standard InChI is InChI=1S/C15H7F7O7/c16-9-4(14(17,18)19)1-2-6(8(9)13(26)27)28-12-5(23)3-7(10(24)11(12)25)29-15(20,21)22/h1-3,23-25H,(H,26,27). The minimum absolute atomic E-state index is 0.0895. The number of benzene rings is 2. The third-order valence-electron chi connectivity index (χ3n) is 3.23. The molecule has 0 atom stereocenters. The van der Waals surface area contributed by atoms with Crippen LogP contribution in [-0.2, 0) is 6.18 Å². The number of ether oxygens (including phenoxy) is 2. The molecule has 0 unspecified atom stereocenters. The van der Waals surface area contributed by atoms with Gasteiger partial charge in [-0.3, -0.25) is 0 Å². The summed E-state index contributed by atoms with van der Waals surface area (Å²) >= 11 is 0. The van der Waals surface area contributed by atoms with Crippen LogP contribution < -0.4 is 9.47 Å². The number of phenols is 3.